The molecule has 6 spiro atoms. The van der Waals surface area contributed by atoms with Crippen molar-refractivity contribution in [1.29, 1.82) is 0 Å². The molecule has 8 fully saturated rings. The fraction of sp³-hybridized carbons (Fsp3) is 0.613. The third kappa shape index (κ3) is 3.34. The van der Waals surface area contributed by atoms with Gasteiger partial charge in [0, 0.05) is 95.6 Å². The molecular formula is C62H63NO9. The third-order valence-corrected chi connectivity index (χ3v) is 25.0. The Morgan fingerprint density at radius 3 is 2.15 bits per heavy atom. The fourth-order valence-corrected chi connectivity index (χ4v) is 24.8. The number of allylic oxidation sites excluding steroid dienone is 10. The molecule has 17 aliphatic carbocycles. The van der Waals surface area contributed by atoms with Crippen LogP contribution in [0.15, 0.2) is 58.2 Å². The summed E-state index contributed by atoms with van der Waals surface area (Å²) in [5.41, 5.74) is 26.9. The second-order valence-electron chi connectivity index (χ2n) is 25.6. The van der Waals surface area contributed by atoms with Crippen LogP contribution in [0.4, 0.5) is 0 Å². The lowest BCUT2D eigenvalue weighted by atomic mass is 9.45. The van der Waals surface area contributed by atoms with Crippen molar-refractivity contribution in [3.05, 3.63) is 96.5 Å². The first-order chi connectivity index (χ1) is 35.5. The summed E-state index contributed by atoms with van der Waals surface area (Å²) in [5.74, 6) is 9.05. The first-order valence-corrected chi connectivity index (χ1v) is 28.0. The lowest BCUT2D eigenvalue weighted by Crippen LogP contribution is -2.57. The first kappa shape index (κ1) is 40.3. The molecule has 10 nitrogen and oxygen atoms in total. The minimum atomic E-state index is 0.117. The standard InChI is InChI=1S/C62H63NO9/c1-27-37-41-44-39-28-6-9-31-40(39)50-45(41)46-42(37)43-38-29(47-34-24-33(28)48(44)59(27,34)47)7-8-30(38)49-51(43)57(49)25-36-60(55(46)57)61(36)56(63(2)26-58(61)54(31)62(50,58)60)32-10-11-35(70-21-18-67-15-12-64-3)53(72-23-20-69-17-14-66-5)52(32)71-22-19-68-16-13-65-4/h7-8,10-11,24,29-30,33,36,38,47-49,51,54,56H,6,9,12-23,25-26H2,1-5H3. The zero-order valence-electron chi connectivity index (χ0n) is 42.2. The average molecular weight is 966 g/mol. The number of nitrogens with zero attached hydrogens (tertiary/aromatic N) is 1. The highest BCUT2D eigenvalue weighted by atomic mass is 16.6. The van der Waals surface area contributed by atoms with Crippen LogP contribution in [0.25, 0.3) is 22.3 Å². The van der Waals surface area contributed by atoms with Crippen LogP contribution in [-0.2, 0) is 33.8 Å². The van der Waals surface area contributed by atoms with Crippen molar-refractivity contribution in [2.24, 2.45) is 80.3 Å². The predicted octanol–water partition coefficient (Wildman–Crippen LogP) is 6.31. The monoisotopic (exact) mass is 965 g/mol. The van der Waals surface area contributed by atoms with Crippen LogP contribution >= 0.6 is 0 Å². The smallest absolute Gasteiger partial charge is 0.204 e. The van der Waals surface area contributed by atoms with E-state index in [0.29, 0.717) is 138 Å². The van der Waals surface area contributed by atoms with Gasteiger partial charge in [0.05, 0.1) is 59.5 Å². The van der Waals surface area contributed by atoms with E-state index in [9.17, 15) is 0 Å². The first-order valence-electron chi connectivity index (χ1n) is 28.0. The molecule has 2 aromatic rings. The van der Waals surface area contributed by atoms with E-state index < -0.39 is 0 Å². The molecule has 4 bridgehead atoms. The molecule has 10 heteroatoms. The molecule has 0 amide bonds. The van der Waals surface area contributed by atoms with Crippen molar-refractivity contribution < 1.29 is 42.6 Å². The number of hydrogen-bond donors (Lipinski definition) is 0. The second-order valence-corrected chi connectivity index (χ2v) is 25.6. The number of ether oxygens (including phenoxy) is 9. The molecular weight excluding hydrogens is 903 g/mol. The van der Waals surface area contributed by atoms with Gasteiger partial charge in [0.1, 0.15) is 19.8 Å². The number of rotatable bonds is 22. The van der Waals surface area contributed by atoms with Gasteiger partial charge in [0.2, 0.25) is 5.75 Å². The van der Waals surface area contributed by atoms with E-state index in [1.165, 1.54) is 24.8 Å². The fourth-order valence-electron chi connectivity index (χ4n) is 24.8. The number of fused-ring (bicyclic) bond motifs is 5. The summed E-state index contributed by atoms with van der Waals surface area (Å²) in [6, 6.07) is 4.74. The van der Waals surface area contributed by atoms with Gasteiger partial charge in [-0.3, -0.25) is 4.90 Å². The molecule has 1 aliphatic heterocycles. The average Bonchev–Trinajstić information content (AvgIpc) is 4.05. The minimum Gasteiger partial charge on any atom is -0.487 e. The van der Waals surface area contributed by atoms with Crippen LogP contribution in [0.1, 0.15) is 66.0 Å². The van der Waals surface area contributed by atoms with Gasteiger partial charge in [0.25, 0.3) is 0 Å². The number of hydrogen-bond acceptors (Lipinski definition) is 10. The third-order valence-electron chi connectivity index (χ3n) is 25.0. The molecule has 17 unspecified atom stereocenters. The normalized spacial score (nSPS) is 46.0. The molecule has 370 valence electrons. The number of benzene rings is 2. The van der Waals surface area contributed by atoms with Crippen LogP contribution in [0.3, 0.4) is 0 Å². The molecule has 2 aromatic carbocycles. The topological polar surface area (TPSA) is 86.3 Å². The summed E-state index contributed by atoms with van der Waals surface area (Å²) in [6.45, 7) is 9.45. The number of methoxy groups -OCH3 is 3. The lowest BCUT2D eigenvalue weighted by Gasteiger charge is -2.56. The Morgan fingerprint density at radius 2 is 1.39 bits per heavy atom. The van der Waals surface area contributed by atoms with Crippen molar-refractivity contribution >= 4 is 22.3 Å². The molecule has 0 radical (unpaired) electrons. The zero-order chi connectivity index (χ0) is 47.1. The molecule has 0 N–H and O–H groups in total. The quantitative estimate of drug-likeness (QED) is 0.0991. The molecule has 0 aromatic heterocycles. The van der Waals surface area contributed by atoms with Crippen LogP contribution < -0.4 is 24.6 Å². The lowest BCUT2D eigenvalue weighted by molar-refractivity contribution is 0.0436. The Bertz CT molecular complexity index is 3420. The van der Waals surface area contributed by atoms with Gasteiger partial charge >= 0.3 is 0 Å². The van der Waals surface area contributed by atoms with Gasteiger partial charge < -0.3 is 42.6 Å². The maximum Gasteiger partial charge on any atom is 0.204 e. The highest BCUT2D eigenvalue weighted by Gasteiger charge is 3.20. The highest BCUT2D eigenvalue weighted by molar-refractivity contribution is 6.19. The van der Waals surface area contributed by atoms with Gasteiger partial charge in [0.15, 0.2) is 11.5 Å². The van der Waals surface area contributed by atoms with Crippen molar-refractivity contribution in [3.8, 4) is 17.2 Å². The molecule has 1 saturated heterocycles. The Balaban J connectivity index is 0.800. The van der Waals surface area contributed by atoms with Crippen molar-refractivity contribution in [3.63, 3.8) is 0 Å². The maximum atomic E-state index is 7.18. The largest absolute Gasteiger partial charge is 0.487 e. The summed E-state index contributed by atoms with van der Waals surface area (Å²) in [6.07, 6.45) is 12.5. The van der Waals surface area contributed by atoms with Crippen LogP contribution in [0.2, 0.25) is 0 Å². The van der Waals surface area contributed by atoms with E-state index in [1.54, 1.807) is 38.0 Å². The van der Waals surface area contributed by atoms with E-state index in [2.05, 4.69) is 49.2 Å². The van der Waals surface area contributed by atoms with E-state index in [0.717, 1.165) is 30.0 Å². The summed E-state index contributed by atoms with van der Waals surface area (Å²) >= 11 is 0. The Hall–Kier alpha value is -4.00. The van der Waals surface area contributed by atoms with Crippen LogP contribution in [-0.4, -0.2) is 119 Å². The van der Waals surface area contributed by atoms with E-state index in [1.807, 2.05) is 66.1 Å². The number of likely N-dealkylation sites (tertiary alicyclic amines) is 1. The van der Waals surface area contributed by atoms with Gasteiger partial charge in [-0.1, -0.05) is 46.1 Å². The molecule has 20 rings (SSSR count). The minimum absolute atomic E-state index is 0.117. The second kappa shape index (κ2) is 12.1. The Labute approximate surface area is 420 Å². The van der Waals surface area contributed by atoms with Crippen LogP contribution in [0.5, 0.6) is 17.2 Å². The van der Waals surface area contributed by atoms with E-state index in [4.69, 9.17) is 42.6 Å². The van der Waals surface area contributed by atoms with Crippen molar-refractivity contribution in [2.75, 3.05) is 114 Å². The van der Waals surface area contributed by atoms with Crippen molar-refractivity contribution in [1.82, 2.24) is 4.90 Å². The van der Waals surface area contributed by atoms with Crippen molar-refractivity contribution in [2.45, 2.75) is 43.6 Å². The highest BCUT2D eigenvalue weighted by Crippen LogP contribution is 3.20. The predicted molar refractivity (Wildman–Crippen MR) is 264 cm³/mol. The Kier molecular flexibility index (Phi) is 6.80. The van der Waals surface area contributed by atoms with Gasteiger partial charge in [-0.2, -0.15) is 0 Å². The molecule has 1 heterocycles. The SMILES string of the molecule is COCCOCCOc1ccc(C2N(C)CC34C5C6=c7c8c9c%10c%11c7=C(CC6)C6C=C7C%12C%13C=CC%14C%13C%13=C(C%10=C(C)C7%12C%116)C9=C6C7(CC9C6(C853)C294)C%13C%147)c(OCCOCCOC)c1OCCOCCOC. The summed E-state index contributed by atoms with van der Waals surface area (Å²) in [4.78, 5) is 2.84. The molecule has 17 atom stereocenters. The van der Waals surface area contributed by atoms with E-state index >= 15 is 0 Å². The molecule has 7 saturated carbocycles. The van der Waals surface area contributed by atoms with Gasteiger partial charge in [-0.05, 0) is 136 Å². The van der Waals surface area contributed by atoms with Gasteiger partial charge in [-0.15, -0.1) is 0 Å². The maximum absolute atomic E-state index is 7.18. The summed E-state index contributed by atoms with van der Waals surface area (Å²) < 4.78 is 54.6. The molecule has 18 aliphatic rings. The zero-order valence-corrected chi connectivity index (χ0v) is 42.2. The van der Waals surface area contributed by atoms with Gasteiger partial charge in [-0.25, -0.2) is 0 Å². The Morgan fingerprint density at radius 1 is 0.681 bits per heavy atom. The van der Waals surface area contributed by atoms with Crippen LogP contribution in [0, 0.1) is 80.3 Å². The molecule has 72 heavy (non-hydrogen) atoms. The summed E-state index contributed by atoms with van der Waals surface area (Å²) in [5, 5.41) is 3.66. The summed E-state index contributed by atoms with van der Waals surface area (Å²) in [7, 11) is 7.61. The van der Waals surface area contributed by atoms with E-state index in [-0.39, 0.29) is 33.1 Å².